The Morgan fingerprint density at radius 3 is 3.05 bits per heavy atom. The average Bonchev–Trinajstić information content (AvgIpc) is 2.89. The van der Waals surface area contributed by atoms with E-state index in [2.05, 4.69) is 4.98 Å². The summed E-state index contributed by atoms with van der Waals surface area (Å²) in [5.41, 5.74) is 3.09. The summed E-state index contributed by atoms with van der Waals surface area (Å²) in [6, 6.07) is 6.06. The number of H-pyrrole nitrogens is 1. The summed E-state index contributed by atoms with van der Waals surface area (Å²) in [6.07, 6.45) is 1.18. The normalized spacial score (nSPS) is 18.6. The number of fused-ring (bicyclic) bond motifs is 1. The number of nitrogens with zero attached hydrogens (tertiary/aromatic N) is 1. The standard InChI is InChI=1S/C16H18N2O4/c1-10-2-3-12-11(8-17-13(12)6-10)7-15(19)18-4-5-22-14(9-18)16(20)21/h2-3,6,8,14,17H,4-5,7,9H2,1H3,(H,20,21)/t14-/m0/s1. The molecule has 3 rings (SSSR count). The number of aryl methyl sites for hydroxylation is 1. The Hall–Kier alpha value is -2.34. The van der Waals surface area contributed by atoms with E-state index in [9.17, 15) is 9.59 Å². The molecule has 116 valence electrons. The van der Waals surface area contributed by atoms with Crippen molar-refractivity contribution in [3.8, 4) is 0 Å². The highest BCUT2D eigenvalue weighted by Crippen LogP contribution is 2.21. The third-order valence-electron chi connectivity index (χ3n) is 3.96. The predicted molar refractivity (Wildman–Crippen MR) is 80.7 cm³/mol. The van der Waals surface area contributed by atoms with Crippen molar-refractivity contribution in [3.05, 3.63) is 35.5 Å². The van der Waals surface area contributed by atoms with Gasteiger partial charge in [-0.25, -0.2) is 4.79 Å². The van der Waals surface area contributed by atoms with E-state index in [1.807, 2.05) is 31.3 Å². The number of aromatic amines is 1. The lowest BCUT2D eigenvalue weighted by molar-refractivity contribution is -0.159. The largest absolute Gasteiger partial charge is 0.479 e. The van der Waals surface area contributed by atoms with Crippen molar-refractivity contribution in [1.82, 2.24) is 9.88 Å². The fourth-order valence-electron chi connectivity index (χ4n) is 2.75. The van der Waals surface area contributed by atoms with Crippen molar-refractivity contribution >= 4 is 22.8 Å². The number of rotatable bonds is 3. The van der Waals surface area contributed by atoms with E-state index in [1.54, 1.807) is 4.90 Å². The van der Waals surface area contributed by atoms with Crippen LogP contribution in [0, 0.1) is 6.92 Å². The lowest BCUT2D eigenvalue weighted by Crippen LogP contribution is -2.49. The Morgan fingerprint density at radius 1 is 1.45 bits per heavy atom. The summed E-state index contributed by atoms with van der Waals surface area (Å²) >= 11 is 0. The monoisotopic (exact) mass is 302 g/mol. The molecule has 0 saturated carbocycles. The van der Waals surface area contributed by atoms with E-state index in [0.717, 1.165) is 22.0 Å². The molecule has 1 amide bonds. The highest BCUT2D eigenvalue weighted by Gasteiger charge is 2.29. The second-order valence-electron chi connectivity index (χ2n) is 5.58. The van der Waals surface area contributed by atoms with E-state index < -0.39 is 12.1 Å². The molecular weight excluding hydrogens is 284 g/mol. The van der Waals surface area contributed by atoms with Gasteiger partial charge in [-0.1, -0.05) is 12.1 Å². The molecule has 1 aliphatic heterocycles. The van der Waals surface area contributed by atoms with Gasteiger partial charge in [-0.05, 0) is 24.1 Å². The summed E-state index contributed by atoms with van der Waals surface area (Å²) in [5.74, 6) is -1.10. The number of carbonyl (C=O) groups excluding carboxylic acids is 1. The van der Waals surface area contributed by atoms with Crippen LogP contribution in [0.5, 0.6) is 0 Å². The molecule has 0 aliphatic carbocycles. The molecule has 22 heavy (non-hydrogen) atoms. The molecule has 6 heteroatoms. The van der Waals surface area contributed by atoms with Gasteiger partial charge in [0.15, 0.2) is 6.10 Å². The first-order valence-electron chi connectivity index (χ1n) is 7.23. The van der Waals surface area contributed by atoms with Gasteiger partial charge >= 0.3 is 5.97 Å². The highest BCUT2D eigenvalue weighted by molar-refractivity contribution is 5.89. The number of nitrogens with one attached hydrogen (secondary N) is 1. The topological polar surface area (TPSA) is 82.6 Å². The minimum absolute atomic E-state index is 0.0731. The smallest absolute Gasteiger partial charge is 0.334 e. The van der Waals surface area contributed by atoms with Crippen LogP contribution in [0.15, 0.2) is 24.4 Å². The van der Waals surface area contributed by atoms with E-state index in [0.29, 0.717) is 6.54 Å². The van der Waals surface area contributed by atoms with Crippen LogP contribution in [0.25, 0.3) is 10.9 Å². The van der Waals surface area contributed by atoms with Crippen molar-refractivity contribution < 1.29 is 19.4 Å². The molecule has 1 aromatic carbocycles. The Balaban J connectivity index is 1.74. The minimum atomic E-state index is -1.03. The third kappa shape index (κ3) is 2.82. The first kappa shape index (κ1) is 14.6. The summed E-state index contributed by atoms with van der Waals surface area (Å²) in [4.78, 5) is 28.1. The number of aliphatic carboxylic acids is 1. The van der Waals surface area contributed by atoms with Gasteiger partial charge in [0.2, 0.25) is 5.91 Å². The quantitative estimate of drug-likeness (QED) is 0.896. The van der Waals surface area contributed by atoms with Gasteiger partial charge in [-0.15, -0.1) is 0 Å². The van der Waals surface area contributed by atoms with Gasteiger partial charge in [0, 0.05) is 23.6 Å². The first-order chi connectivity index (χ1) is 10.5. The van der Waals surface area contributed by atoms with Crippen molar-refractivity contribution in [1.29, 1.82) is 0 Å². The summed E-state index contributed by atoms with van der Waals surface area (Å²) < 4.78 is 5.14. The Morgan fingerprint density at radius 2 is 2.27 bits per heavy atom. The van der Waals surface area contributed by atoms with Gasteiger partial charge < -0.3 is 19.7 Å². The molecule has 0 radical (unpaired) electrons. The molecule has 0 spiro atoms. The van der Waals surface area contributed by atoms with Crippen LogP contribution in [0.3, 0.4) is 0 Å². The van der Waals surface area contributed by atoms with Crippen LogP contribution < -0.4 is 0 Å². The third-order valence-corrected chi connectivity index (χ3v) is 3.96. The molecule has 2 aromatic rings. The van der Waals surface area contributed by atoms with Gasteiger partial charge in [-0.3, -0.25) is 4.79 Å². The van der Waals surface area contributed by atoms with Crippen LogP contribution in [-0.2, 0) is 20.7 Å². The lowest BCUT2D eigenvalue weighted by Gasteiger charge is -2.30. The zero-order valence-corrected chi connectivity index (χ0v) is 12.3. The molecule has 2 N–H and O–H groups in total. The van der Waals surface area contributed by atoms with Crippen molar-refractivity contribution in [2.45, 2.75) is 19.4 Å². The fraction of sp³-hybridized carbons (Fsp3) is 0.375. The zero-order valence-electron chi connectivity index (χ0n) is 12.3. The Bertz CT molecular complexity index is 722. The number of amides is 1. The van der Waals surface area contributed by atoms with Crippen LogP contribution in [0.4, 0.5) is 0 Å². The second-order valence-corrected chi connectivity index (χ2v) is 5.58. The van der Waals surface area contributed by atoms with Crippen LogP contribution in [0.2, 0.25) is 0 Å². The number of aromatic nitrogens is 1. The number of benzene rings is 1. The molecule has 1 atom stereocenters. The molecule has 1 aromatic heterocycles. The first-order valence-corrected chi connectivity index (χ1v) is 7.23. The van der Waals surface area contributed by atoms with Crippen molar-refractivity contribution in [2.75, 3.05) is 19.7 Å². The average molecular weight is 302 g/mol. The number of hydrogen-bond acceptors (Lipinski definition) is 3. The van der Waals surface area contributed by atoms with Crippen LogP contribution in [-0.4, -0.2) is 52.7 Å². The maximum Gasteiger partial charge on any atom is 0.334 e. The molecular formula is C16H18N2O4. The number of carbonyl (C=O) groups is 2. The summed E-state index contributed by atoms with van der Waals surface area (Å²) in [5, 5.41) is 10.0. The SMILES string of the molecule is Cc1ccc2c(CC(=O)N3CCO[C@H](C(=O)O)C3)c[nH]c2c1. The number of ether oxygens (including phenoxy) is 1. The predicted octanol–water partition coefficient (Wildman–Crippen LogP) is 1.33. The number of morpholine rings is 1. The molecule has 1 aliphatic rings. The second kappa shape index (κ2) is 5.81. The number of carboxylic acids is 1. The molecule has 1 fully saturated rings. The lowest BCUT2D eigenvalue weighted by atomic mass is 10.1. The molecule has 1 saturated heterocycles. The molecule has 0 bridgehead atoms. The Labute approximate surface area is 127 Å². The van der Waals surface area contributed by atoms with E-state index in [4.69, 9.17) is 9.84 Å². The van der Waals surface area contributed by atoms with Gasteiger partial charge in [0.05, 0.1) is 19.6 Å². The van der Waals surface area contributed by atoms with Crippen molar-refractivity contribution in [2.24, 2.45) is 0 Å². The maximum atomic E-state index is 12.4. The van der Waals surface area contributed by atoms with Crippen LogP contribution >= 0.6 is 0 Å². The van der Waals surface area contributed by atoms with Gasteiger partial charge in [0.1, 0.15) is 0 Å². The van der Waals surface area contributed by atoms with Gasteiger partial charge in [-0.2, -0.15) is 0 Å². The van der Waals surface area contributed by atoms with E-state index >= 15 is 0 Å². The van der Waals surface area contributed by atoms with E-state index in [1.165, 1.54) is 0 Å². The summed E-state index contributed by atoms with van der Waals surface area (Å²) in [6.45, 7) is 2.82. The summed E-state index contributed by atoms with van der Waals surface area (Å²) in [7, 11) is 0. The van der Waals surface area contributed by atoms with Crippen LogP contribution in [0.1, 0.15) is 11.1 Å². The molecule has 6 nitrogen and oxygen atoms in total. The molecule has 2 heterocycles. The minimum Gasteiger partial charge on any atom is -0.479 e. The molecule has 0 unspecified atom stereocenters. The zero-order chi connectivity index (χ0) is 15.7. The van der Waals surface area contributed by atoms with Crippen molar-refractivity contribution in [3.63, 3.8) is 0 Å². The maximum absolute atomic E-state index is 12.4. The number of carboxylic acid groups (broad SMARTS) is 1. The highest BCUT2D eigenvalue weighted by atomic mass is 16.5. The van der Waals surface area contributed by atoms with Gasteiger partial charge in [0.25, 0.3) is 0 Å². The number of hydrogen-bond donors (Lipinski definition) is 2. The fourth-order valence-corrected chi connectivity index (χ4v) is 2.75. The van der Waals surface area contributed by atoms with E-state index in [-0.39, 0.29) is 25.5 Å². The Kier molecular flexibility index (Phi) is 3.85.